The van der Waals surface area contributed by atoms with Crippen LogP contribution in [0.15, 0.2) is 0 Å². The van der Waals surface area contributed by atoms with E-state index in [1.165, 1.54) is 19.3 Å². The number of nitrogens with one attached hydrogen (secondary N) is 1. The number of esters is 1. The Morgan fingerprint density at radius 3 is 2.57 bits per heavy atom. The molecule has 1 N–H and O–H groups in total. The molecular formula is C25H37NO4. The topological polar surface area (TPSA) is 72.5 Å². The van der Waals surface area contributed by atoms with E-state index in [-0.39, 0.29) is 52.2 Å². The van der Waals surface area contributed by atoms with E-state index < -0.39 is 0 Å². The molecule has 5 fully saturated rings. The van der Waals surface area contributed by atoms with Gasteiger partial charge in [-0.15, -0.1) is 0 Å². The molecule has 1 heterocycles. The lowest BCUT2D eigenvalue weighted by Gasteiger charge is -2.58. The molecule has 0 amide bonds. The standard InChI is InChI=1S/C25H37NO4/c1-24-9-3-6-17(24)20-18(8-10-24)25(2)11-7-16(13-19(25)21(27)22(20)28)30-23(29)15-5-4-12-26-14-15/h15-20,26H,3-14H2,1-2H3/t15-,16+,17+,18+,19-,20+,24+,25-/m1/s1. The van der Waals surface area contributed by atoms with Gasteiger partial charge in [-0.1, -0.05) is 20.3 Å². The van der Waals surface area contributed by atoms with Gasteiger partial charge in [0.25, 0.3) is 0 Å². The van der Waals surface area contributed by atoms with Gasteiger partial charge in [0.05, 0.1) is 5.92 Å². The summed E-state index contributed by atoms with van der Waals surface area (Å²) in [5, 5.41) is 3.27. The van der Waals surface area contributed by atoms with E-state index in [0.29, 0.717) is 24.8 Å². The van der Waals surface area contributed by atoms with Crippen molar-refractivity contribution in [3.63, 3.8) is 0 Å². The van der Waals surface area contributed by atoms with Crippen LogP contribution in [-0.2, 0) is 19.1 Å². The predicted octanol–water partition coefficient (Wildman–Crippen LogP) is 3.69. The molecular weight excluding hydrogens is 378 g/mol. The summed E-state index contributed by atoms with van der Waals surface area (Å²) < 4.78 is 5.89. The maximum Gasteiger partial charge on any atom is 0.310 e. The summed E-state index contributed by atoms with van der Waals surface area (Å²) in [7, 11) is 0. The van der Waals surface area contributed by atoms with Gasteiger partial charge in [-0.25, -0.2) is 0 Å². The number of ketones is 2. The number of fused-ring (bicyclic) bond motifs is 5. The lowest BCUT2D eigenvalue weighted by molar-refractivity contribution is -0.176. The Labute approximate surface area is 180 Å². The molecule has 30 heavy (non-hydrogen) atoms. The minimum atomic E-state index is -0.270. The molecule has 0 aromatic rings. The largest absolute Gasteiger partial charge is 0.462 e. The third-order valence-electron chi connectivity index (χ3n) is 9.97. The first-order valence-electron chi connectivity index (χ1n) is 12.3. The Kier molecular flexibility index (Phi) is 5.11. The summed E-state index contributed by atoms with van der Waals surface area (Å²) in [5.41, 5.74) is 0.135. The van der Waals surface area contributed by atoms with Crippen LogP contribution in [0.5, 0.6) is 0 Å². The summed E-state index contributed by atoms with van der Waals surface area (Å²) in [6.07, 6.45) is 9.68. The zero-order valence-corrected chi connectivity index (χ0v) is 18.6. The molecule has 5 nitrogen and oxygen atoms in total. The SMILES string of the molecule is C[C@@]12CCC[C@H]1[C@@H]1C(=O)C(=O)[C@H]3C[C@@H](OC(=O)[C@@H]4CCCNC4)CC[C@]3(C)[C@H]1CC2. The maximum atomic E-state index is 13.4. The Morgan fingerprint density at radius 1 is 0.967 bits per heavy atom. The normalized spacial score (nSPS) is 48.5. The van der Waals surface area contributed by atoms with Crippen LogP contribution in [0.25, 0.3) is 0 Å². The average molecular weight is 416 g/mol. The highest BCUT2D eigenvalue weighted by atomic mass is 16.5. The van der Waals surface area contributed by atoms with Gasteiger partial charge in [-0.3, -0.25) is 14.4 Å². The smallest absolute Gasteiger partial charge is 0.310 e. The van der Waals surface area contributed by atoms with E-state index in [0.717, 1.165) is 45.1 Å². The molecule has 5 aliphatic rings. The molecule has 0 radical (unpaired) electrons. The minimum absolute atomic E-state index is 0.0626. The lowest BCUT2D eigenvalue weighted by Crippen LogP contribution is -2.60. The molecule has 1 saturated heterocycles. The number of hydrogen-bond donors (Lipinski definition) is 1. The molecule has 4 aliphatic carbocycles. The third-order valence-corrected chi connectivity index (χ3v) is 9.97. The first kappa shape index (κ1) is 20.7. The van der Waals surface area contributed by atoms with Crippen molar-refractivity contribution in [3.8, 4) is 0 Å². The molecule has 0 unspecified atom stereocenters. The van der Waals surface area contributed by atoms with Crippen molar-refractivity contribution >= 4 is 17.5 Å². The van der Waals surface area contributed by atoms with E-state index in [2.05, 4.69) is 19.2 Å². The van der Waals surface area contributed by atoms with E-state index in [1.807, 2.05) is 0 Å². The second-order valence-electron chi connectivity index (χ2n) is 11.5. The zero-order valence-electron chi connectivity index (χ0n) is 18.6. The van der Waals surface area contributed by atoms with Crippen LogP contribution < -0.4 is 5.32 Å². The zero-order chi connectivity index (χ0) is 21.1. The van der Waals surface area contributed by atoms with Crippen LogP contribution in [0, 0.1) is 40.4 Å². The molecule has 4 saturated carbocycles. The van der Waals surface area contributed by atoms with Gasteiger partial charge in [0.1, 0.15) is 6.10 Å². The van der Waals surface area contributed by atoms with Crippen molar-refractivity contribution in [2.45, 2.75) is 84.2 Å². The van der Waals surface area contributed by atoms with Gasteiger partial charge >= 0.3 is 5.97 Å². The van der Waals surface area contributed by atoms with Crippen LogP contribution in [0.4, 0.5) is 0 Å². The highest BCUT2D eigenvalue weighted by Crippen LogP contribution is 2.64. The Hall–Kier alpha value is -1.23. The molecule has 5 heteroatoms. The first-order chi connectivity index (χ1) is 14.3. The lowest BCUT2D eigenvalue weighted by atomic mass is 9.44. The molecule has 0 aromatic carbocycles. The van der Waals surface area contributed by atoms with Gasteiger partial charge in [0.15, 0.2) is 0 Å². The van der Waals surface area contributed by atoms with Crippen LogP contribution in [-0.4, -0.2) is 36.7 Å². The van der Waals surface area contributed by atoms with E-state index in [9.17, 15) is 14.4 Å². The van der Waals surface area contributed by atoms with Crippen LogP contribution in [0.2, 0.25) is 0 Å². The average Bonchev–Trinajstić information content (AvgIpc) is 3.15. The monoisotopic (exact) mass is 415 g/mol. The van der Waals surface area contributed by atoms with Crippen molar-refractivity contribution in [1.29, 1.82) is 0 Å². The van der Waals surface area contributed by atoms with Gasteiger partial charge in [0.2, 0.25) is 11.6 Å². The molecule has 8 atom stereocenters. The second-order valence-corrected chi connectivity index (χ2v) is 11.5. The third kappa shape index (κ3) is 3.10. The fourth-order valence-corrected chi connectivity index (χ4v) is 8.14. The van der Waals surface area contributed by atoms with Crippen molar-refractivity contribution in [2.75, 3.05) is 13.1 Å². The van der Waals surface area contributed by atoms with Gasteiger partial charge in [-0.2, -0.15) is 0 Å². The highest BCUT2D eigenvalue weighted by molar-refractivity contribution is 6.39. The number of carbonyl (C=O) groups is 3. The number of ether oxygens (including phenoxy) is 1. The molecule has 1 aliphatic heterocycles. The molecule has 0 spiro atoms. The summed E-state index contributed by atoms with van der Waals surface area (Å²) in [5.74, 6) is -0.0664. The predicted molar refractivity (Wildman–Crippen MR) is 113 cm³/mol. The number of hydrogen-bond acceptors (Lipinski definition) is 5. The molecule has 0 aromatic heterocycles. The number of Topliss-reactive ketones (excluding diaryl/α,β-unsaturated/α-hetero) is 2. The van der Waals surface area contributed by atoms with Gasteiger partial charge < -0.3 is 10.1 Å². The fourth-order valence-electron chi connectivity index (χ4n) is 8.14. The fraction of sp³-hybridized carbons (Fsp3) is 0.880. The molecule has 166 valence electrons. The van der Waals surface area contributed by atoms with Gasteiger partial charge in [-0.05, 0) is 87.0 Å². The minimum Gasteiger partial charge on any atom is -0.462 e. The van der Waals surface area contributed by atoms with E-state index >= 15 is 0 Å². The van der Waals surface area contributed by atoms with Crippen LogP contribution in [0.3, 0.4) is 0 Å². The van der Waals surface area contributed by atoms with Crippen molar-refractivity contribution in [1.82, 2.24) is 5.32 Å². The van der Waals surface area contributed by atoms with E-state index in [1.54, 1.807) is 0 Å². The van der Waals surface area contributed by atoms with Crippen LogP contribution in [0.1, 0.15) is 78.1 Å². The summed E-state index contributed by atoms with van der Waals surface area (Å²) in [6, 6.07) is 0. The Morgan fingerprint density at radius 2 is 1.80 bits per heavy atom. The molecule has 0 bridgehead atoms. The first-order valence-corrected chi connectivity index (χ1v) is 12.3. The second kappa shape index (κ2) is 7.43. The Bertz CT molecular complexity index is 743. The van der Waals surface area contributed by atoms with Gasteiger partial charge in [0, 0.05) is 18.4 Å². The van der Waals surface area contributed by atoms with Crippen LogP contribution >= 0.6 is 0 Å². The summed E-state index contributed by atoms with van der Waals surface area (Å²) in [4.78, 5) is 39.3. The van der Waals surface area contributed by atoms with Crippen molar-refractivity contribution < 1.29 is 19.1 Å². The van der Waals surface area contributed by atoms with E-state index in [4.69, 9.17) is 4.74 Å². The highest BCUT2D eigenvalue weighted by Gasteiger charge is 2.63. The number of carbonyl (C=O) groups excluding carboxylic acids is 3. The number of piperidine rings is 1. The summed E-state index contributed by atoms with van der Waals surface area (Å²) in [6.45, 7) is 6.27. The number of rotatable bonds is 2. The molecule has 5 rings (SSSR count). The van der Waals surface area contributed by atoms with Crippen molar-refractivity contribution in [2.24, 2.45) is 40.4 Å². The summed E-state index contributed by atoms with van der Waals surface area (Å²) >= 11 is 0. The maximum absolute atomic E-state index is 13.4. The quantitative estimate of drug-likeness (QED) is 0.550. The Balaban J connectivity index is 1.33. The van der Waals surface area contributed by atoms with Crippen molar-refractivity contribution in [3.05, 3.63) is 0 Å².